The Bertz CT molecular complexity index is 1200. The maximum atomic E-state index is 13.1. The molecule has 2 aromatic heterocycles. The van der Waals surface area contributed by atoms with E-state index in [4.69, 9.17) is 4.42 Å². The third-order valence-corrected chi connectivity index (χ3v) is 5.68. The molecular weight excluding hydrogens is 372 g/mol. The van der Waals surface area contributed by atoms with E-state index >= 15 is 0 Å². The first-order valence-corrected chi connectivity index (χ1v) is 10.3. The van der Waals surface area contributed by atoms with E-state index in [2.05, 4.69) is 57.3 Å². The monoisotopic (exact) mass is 400 g/mol. The van der Waals surface area contributed by atoms with Crippen molar-refractivity contribution < 1.29 is 9.21 Å². The van der Waals surface area contributed by atoms with Gasteiger partial charge >= 0.3 is 0 Å². The second-order valence-corrected chi connectivity index (χ2v) is 8.99. The number of rotatable bonds is 4. The third-order valence-electron chi connectivity index (χ3n) is 5.68. The van der Waals surface area contributed by atoms with Crippen molar-refractivity contribution in [2.75, 3.05) is 5.32 Å². The Morgan fingerprint density at radius 2 is 1.70 bits per heavy atom. The lowest BCUT2D eigenvalue weighted by Gasteiger charge is -2.19. The van der Waals surface area contributed by atoms with Crippen LogP contribution in [0.5, 0.6) is 0 Å². The van der Waals surface area contributed by atoms with Crippen LogP contribution in [-0.2, 0) is 12.0 Å². The van der Waals surface area contributed by atoms with Gasteiger partial charge in [0.15, 0.2) is 5.58 Å². The van der Waals surface area contributed by atoms with Gasteiger partial charge in [-0.1, -0.05) is 51.1 Å². The molecular formula is C26H28N2O2. The van der Waals surface area contributed by atoms with Crippen LogP contribution in [-0.4, -0.2) is 10.5 Å². The van der Waals surface area contributed by atoms with Crippen LogP contribution in [0.15, 0.2) is 65.3 Å². The van der Waals surface area contributed by atoms with Crippen molar-refractivity contribution in [2.24, 2.45) is 0 Å². The minimum Gasteiger partial charge on any atom is -0.463 e. The summed E-state index contributed by atoms with van der Waals surface area (Å²) in [5.74, 6) is -0.143. The molecule has 0 saturated carbocycles. The largest absolute Gasteiger partial charge is 0.463 e. The van der Waals surface area contributed by atoms with Gasteiger partial charge in [0.2, 0.25) is 0 Å². The number of hydrogen-bond acceptors (Lipinski definition) is 2. The molecule has 0 unspecified atom stereocenters. The van der Waals surface area contributed by atoms with Gasteiger partial charge in [-0.25, -0.2) is 0 Å². The zero-order valence-corrected chi connectivity index (χ0v) is 18.2. The van der Waals surface area contributed by atoms with E-state index in [1.54, 1.807) is 6.26 Å². The molecule has 4 nitrogen and oxygen atoms in total. The first-order chi connectivity index (χ1) is 14.2. The van der Waals surface area contributed by atoms with Gasteiger partial charge in [-0.05, 0) is 53.6 Å². The number of aromatic nitrogens is 1. The van der Waals surface area contributed by atoms with E-state index in [-0.39, 0.29) is 11.3 Å². The fourth-order valence-electron chi connectivity index (χ4n) is 3.64. The summed E-state index contributed by atoms with van der Waals surface area (Å²) in [6.45, 7) is 11.3. The van der Waals surface area contributed by atoms with Crippen molar-refractivity contribution in [3.05, 3.63) is 88.8 Å². The molecule has 0 radical (unpaired) electrons. The Balaban J connectivity index is 1.65. The molecule has 0 spiro atoms. The van der Waals surface area contributed by atoms with E-state index in [1.807, 2.05) is 41.8 Å². The van der Waals surface area contributed by atoms with Crippen LogP contribution in [0, 0.1) is 13.8 Å². The lowest BCUT2D eigenvalue weighted by molar-refractivity contribution is 0.101. The Hall–Kier alpha value is -3.27. The highest BCUT2D eigenvalue weighted by Crippen LogP contribution is 2.26. The molecule has 30 heavy (non-hydrogen) atoms. The summed E-state index contributed by atoms with van der Waals surface area (Å²) in [6, 6.07) is 18.3. The maximum absolute atomic E-state index is 13.1. The normalized spacial score (nSPS) is 11.8. The summed E-state index contributed by atoms with van der Waals surface area (Å²) in [5, 5.41) is 3.03. The molecule has 1 amide bonds. The fraction of sp³-hybridized carbons (Fsp3) is 0.269. The Labute approximate surface area is 177 Å². The minimum atomic E-state index is -0.143. The Morgan fingerprint density at radius 1 is 0.967 bits per heavy atom. The number of amides is 1. The molecule has 0 fully saturated rings. The molecule has 0 saturated heterocycles. The number of nitrogens with one attached hydrogen (secondary N) is 1. The van der Waals surface area contributed by atoms with Crippen molar-refractivity contribution in [1.82, 2.24) is 4.57 Å². The number of aryl methyl sites for hydroxylation is 2. The van der Waals surface area contributed by atoms with Crippen molar-refractivity contribution in [2.45, 2.75) is 46.6 Å². The van der Waals surface area contributed by atoms with Crippen molar-refractivity contribution >= 4 is 22.7 Å². The molecule has 0 bridgehead atoms. The summed E-state index contributed by atoms with van der Waals surface area (Å²) in [5.41, 5.74) is 7.91. The molecule has 2 heterocycles. The number of fused-ring (bicyclic) bond motifs is 1. The van der Waals surface area contributed by atoms with E-state index < -0.39 is 0 Å². The highest BCUT2D eigenvalue weighted by molar-refractivity contribution is 6.05. The van der Waals surface area contributed by atoms with Crippen LogP contribution in [0.1, 0.15) is 53.5 Å². The predicted molar refractivity (Wildman–Crippen MR) is 122 cm³/mol. The van der Waals surface area contributed by atoms with E-state index in [9.17, 15) is 4.79 Å². The molecule has 0 aliphatic heterocycles. The van der Waals surface area contributed by atoms with E-state index in [0.717, 1.165) is 22.3 Å². The Kier molecular flexibility index (Phi) is 5.02. The molecule has 4 rings (SSSR count). The minimum absolute atomic E-state index is 0.112. The molecule has 0 aliphatic carbocycles. The third kappa shape index (κ3) is 3.90. The molecule has 1 N–H and O–H groups in total. The number of hydrogen-bond donors (Lipinski definition) is 1. The van der Waals surface area contributed by atoms with E-state index in [1.165, 1.54) is 11.1 Å². The van der Waals surface area contributed by atoms with E-state index in [0.29, 0.717) is 17.8 Å². The smallest absolute Gasteiger partial charge is 0.272 e. The highest BCUT2D eigenvalue weighted by Gasteiger charge is 2.19. The van der Waals surface area contributed by atoms with Crippen molar-refractivity contribution in [1.29, 1.82) is 0 Å². The van der Waals surface area contributed by atoms with Crippen LogP contribution < -0.4 is 5.32 Å². The lowest BCUT2D eigenvalue weighted by Crippen LogP contribution is -2.17. The van der Waals surface area contributed by atoms with Crippen LogP contribution >= 0.6 is 0 Å². The quantitative estimate of drug-likeness (QED) is 0.428. The predicted octanol–water partition coefficient (Wildman–Crippen LogP) is 6.45. The fourth-order valence-corrected chi connectivity index (χ4v) is 3.64. The van der Waals surface area contributed by atoms with Gasteiger partial charge in [0.05, 0.1) is 11.8 Å². The summed E-state index contributed by atoms with van der Waals surface area (Å²) < 4.78 is 7.59. The number of furan rings is 1. The molecule has 4 heteroatoms. The molecule has 2 aromatic carbocycles. The van der Waals surface area contributed by atoms with Crippen molar-refractivity contribution in [3.63, 3.8) is 0 Å². The number of carbonyl (C=O) groups is 1. The van der Waals surface area contributed by atoms with Crippen LogP contribution in [0.25, 0.3) is 11.1 Å². The average Bonchev–Trinajstić information content (AvgIpc) is 3.27. The van der Waals surface area contributed by atoms with Crippen LogP contribution in [0.2, 0.25) is 0 Å². The maximum Gasteiger partial charge on any atom is 0.272 e. The van der Waals surface area contributed by atoms with Gasteiger partial charge in [-0.15, -0.1) is 0 Å². The first-order valence-electron chi connectivity index (χ1n) is 10.3. The summed E-state index contributed by atoms with van der Waals surface area (Å²) in [7, 11) is 0. The van der Waals surface area contributed by atoms with Crippen molar-refractivity contribution in [3.8, 4) is 0 Å². The molecule has 154 valence electrons. The van der Waals surface area contributed by atoms with Gasteiger partial charge in [0.25, 0.3) is 5.91 Å². The first kappa shape index (κ1) is 20.0. The standard InChI is InChI=1S/C26H28N2O2/c1-17-6-11-21(14-18(17)2)27-25(29)23-15-24-22(12-13-30-24)28(23)16-19-7-9-20(10-8-19)26(3,4)5/h6-15H,16H2,1-5H3,(H,27,29). The topological polar surface area (TPSA) is 47.2 Å². The van der Waals surface area contributed by atoms with Gasteiger partial charge in [-0.2, -0.15) is 0 Å². The molecule has 0 atom stereocenters. The van der Waals surface area contributed by atoms with Gasteiger partial charge in [0.1, 0.15) is 5.69 Å². The second-order valence-electron chi connectivity index (χ2n) is 8.99. The van der Waals surface area contributed by atoms with Crippen LogP contribution in [0.3, 0.4) is 0 Å². The number of anilines is 1. The van der Waals surface area contributed by atoms with Gasteiger partial charge in [0, 0.05) is 24.4 Å². The summed E-state index contributed by atoms with van der Waals surface area (Å²) in [6.07, 6.45) is 1.66. The molecule has 0 aliphatic rings. The summed E-state index contributed by atoms with van der Waals surface area (Å²) in [4.78, 5) is 13.1. The zero-order chi connectivity index (χ0) is 21.5. The second kappa shape index (κ2) is 7.52. The average molecular weight is 401 g/mol. The molecule has 4 aromatic rings. The Morgan fingerprint density at radius 3 is 2.37 bits per heavy atom. The van der Waals surface area contributed by atoms with Gasteiger partial charge in [-0.3, -0.25) is 4.79 Å². The SMILES string of the molecule is Cc1ccc(NC(=O)c2cc3occc3n2Cc2ccc(C(C)(C)C)cc2)cc1C. The van der Waals surface area contributed by atoms with Crippen LogP contribution in [0.4, 0.5) is 5.69 Å². The number of carbonyl (C=O) groups excluding carboxylic acids is 1. The number of nitrogens with zero attached hydrogens (tertiary/aromatic N) is 1. The lowest BCUT2D eigenvalue weighted by atomic mass is 9.87. The summed E-state index contributed by atoms with van der Waals surface area (Å²) >= 11 is 0. The zero-order valence-electron chi connectivity index (χ0n) is 18.2. The highest BCUT2D eigenvalue weighted by atomic mass is 16.3. The number of benzene rings is 2. The van der Waals surface area contributed by atoms with Gasteiger partial charge < -0.3 is 14.3 Å².